The maximum absolute atomic E-state index is 12.3. The molecule has 0 aromatic heterocycles. The summed E-state index contributed by atoms with van der Waals surface area (Å²) in [4.78, 5) is 12.3. The normalized spacial score (nSPS) is 25.8. The fraction of sp³-hybridized carbons (Fsp3) is 0.917. The monoisotopic (exact) mass is 244 g/mol. The molecule has 0 radical (unpaired) electrons. The zero-order valence-corrected chi connectivity index (χ0v) is 11.5. The van der Waals surface area contributed by atoms with Gasteiger partial charge >= 0.3 is 0 Å². The first-order chi connectivity index (χ1) is 7.52. The maximum atomic E-state index is 12.3. The molecule has 0 bridgehead atoms. The van der Waals surface area contributed by atoms with Crippen LogP contribution in [-0.4, -0.2) is 28.5 Å². The van der Waals surface area contributed by atoms with E-state index in [1.165, 1.54) is 0 Å². The van der Waals surface area contributed by atoms with Crippen LogP contribution in [0.5, 0.6) is 0 Å². The minimum Gasteiger partial charge on any atom is -0.348 e. The Morgan fingerprint density at radius 3 is 2.50 bits per heavy atom. The summed E-state index contributed by atoms with van der Waals surface area (Å²) in [6, 6.07) is 0. The molecule has 3 N–H and O–H groups in total. The van der Waals surface area contributed by atoms with Gasteiger partial charge in [-0.15, -0.1) is 11.8 Å². The summed E-state index contributed by atoms with van der Waals surface area (Å²) in [6.45, 7) is 6.74. The Bertz CT molecular complexity index is 237. The molecule has 1 unspecified atom stereocenters. The SMILES string of the molecule is CCC(CC)(CN)NC(=O)C1(C)CCCS1. The second kappa shape index (κ2) is 5.41. The zero-order valence-electron chi connectivity index (χ0n) is 10.6. The summed E-state index contributed by atoms with van der Waals surface area (Å²) in [7, 11) is 0. The molecule has 0 spiro atoms. The number of amides is 1. The Hall–Kier alpha value is -0.220. The second-order valence-electron chi connectivity index (χ2n) is 4.83. The van der Waals surface area contributed by atoms with Gasteiger partial charge in [-0.1, -0.05) is 13.8 Å². The Labute approximate surface area is 103 Å². The third-order valence-corrected chi connectivity index (χ3v) is 5.34. The van der Waals surface area contributed by atoms with Gasteiger partial charge in [0.1, 0.15) is 0 Å². The zero-order chi connectivity index (χ0) is 12.2. The van der Waals surface area contributed by atoms with E-state index in [0.29, 0.717) is 6.54 Å². The Morgan fingerprint density at radius 2 is 2.12 bits per heavy atom. The predicted molar refractivity (Wildman–Crippen MR) is 70.6 cm³/mol. The minimum absolute atomic E-state index is 0.171. The first-order valence-electron chi connectivity index (χ1n) is 6.18. The molecule has 3 nitrogen and oxygen atoms in total. The van der Waals surface area contributed by atoms with Gasteiger partial charge in [0, 0.05) is 6.54 Å². The summed E-state index contributed by atoms with van der Waals surface area (Å²) < 4.78 is -0.231. The number of hydrogen-bond acceptors (Lipinski definition) is 3. The van der Waals surface area contributed by atoms with E-state index in [0.717, 1.165) is 31.4 Å². The largest absolute Gasteiger partial charge is 0.348 e. The van der Waals surface area contributed by atoms with Gasteiger partial charge in [-0.25, -0.2) is 0 Å². The minimum atomic E-state index is -0.231. The van der Waals surface area contributed by atoms with E-state index in [9.17, 15) is 4.79 Å². The molecule has 0 aromatic carbocycles. The van der Waals surface area contributed by atoms with Crippen LogP contribution in [0.15, 0.2) is 0 Å². The average Bonchev–Trinajstić information content (AvgIpc) is 2.74. The van der Waals surface area contributed by atoms with Gasteiger partial charge in [0.15, 0.2) is 0 Å². The van der Waals surface area contributed by atoms with Crippen LogP contribution in [0.4, 0.5) is 0 Å². The summed E-state index contributed by atoms with van der Waals surface area (Å²) in [6.07, 6.45) is 3.92. The summed E-state index contributed by atoms with van der Waals surface area (Å²) >= 11 is 1.77. The van der Waals surface area contributed by atoms with Crippen molar-refractivity contribution in [2.45, 2.75) is 56.7 Å². The first-order valence-corrected chi connectivity index (χ1v) is 7.17. The molecule has 1 aliphatic rings. The molecule has 1 fully saturated rings. The predicted octanol–water partition coefficient (Wildman–Crippen LogP) is 1.91. The summed E-state index contributed by atoms with van der Waals surface area (Å²) in [5.41, 5.74) is 5.59. The number of carbonyl (C=O) groups excluding carboxylic acids is 1. The van der Waals surface area contributed by atoms with Gasteiger partial charge in [-0.2, -0.15) is 0 Å². The lowest BCUT2D eigenvalue weighted by Gasteiger charge is -2.35. The lowest BCUT2D eigenvalue weighted by molar-refractivity contribution is -0.125. The number of carbonyl (C=O) groups is 1. The molecule has 1 atom stereocenters. The molecule has 0 aromatic rings. The van der Waals surface area contributed by atoms with Gasteiger partial charge < -0.3 is 11.1 Å². The highest BCUT2D eigenvalue weighted by atomic mass is 32.2. The lowest BCUT2D eigenvalue weighted by Crippen LogP contribution is -2.57. The van der Waals surface area contributed by atoms with Crippen LogP contribution in [0, 0.1) is 0 Å². The van der Waals surface area contributed by atoms with Crippen molar-refractivity contribution in [2.24, 2.45) is 5.73 Å². The number of hydrogen-bond donors (Lipinski definition) is 2. The van der Waals surface area contributed by atoms with E-state index < -0.39 is 0 Å². The lowest BCUT2D eigenvalue weighted by atomic mass is 9.91. The van der Waals surface area contributed by atoms with Crippen LogP contribution >= 0.6 is 11.8 Å². The average molecular weight is 244 g/mol. The van der Waals surface area contributed by atoms with E-state index in [2.05, 4.69) is 19.2 Å². The van der Waals surface area contributed by atoms with Gasteiger partial charge in [0.25, 0.3) is 0 Å². The molecule has 94 valence electrons. The van der Waals surface area contributed by atoms with Crippen molar-refractivity contribution in [3.63, 3.8) is 0 Å². The third-order valence-electron chi connectivity index (χ3n) is 3.82. The highest BCUT2D eigenvalue weighted by Crippen LogP contribution is 2.38. The van der Waals surface area contributed by atoms with Crippen LogP contribution in [0.3, 0.4) is 0 Å². The smallest absolute Gasteiger partial charge is 0.236 e. The van der Waals surface area contributed by atoms with Crippen LogP contribution in [0.25, 0.3) is 0 Å². The van der Waals surface area contributed by atoms with Crippen LogP contribution in [0.2, 0.25) is 0 Å². The van der Waals surface area contributed by atoms with Gasteiger partial charge in [0.05, 0.1) is 10.3 Å². The van der Waals surface area contributed by atoms with Crippen molar-refractivity contribution < 1.29 is 4.79 Å². The third kappa shape index (κ3) is 2.72. The summed E-state index contributed by atoms with van der Waals surface area (Å²) in [5, 5.41) is 3.18. The van der Waals surface area contributed by atoms with E-state index in [1.54, 1.807) is 11.8 Å². The summed E-state index contributed by atoms with van der Waals surface area (Å²) in [5.74, 6) is 1.27. The topological polar surface area (TPSA) is 55.1 Å². The molecule has 1 amide bonds. The van der Waals surface area contributed by atoms with E-state index >= 15 is 0 Å². The molecule has 0 saturated carbocycles. The van der Waals surface area contributed by atoms with Crippen molar-refractivity contribution in [3.05, 3.63) is 0 Å². The molecule has 1 rings (SSSR count). The van der Waals surface area contributed by atoms with E-state index in [1.807, 2.05) is 6.92 Å². The first kappa shape index (κ1) is 13.8. The van der Waals surface area contributed by atoms with Gasteiger partial charge in [0.2, 0.25) is 5.91 Å². The number of nitrogens with two attached hydrogens (primary N) is 1. The van der Waals surface area contributed by atoms with Crippen LogP contribution < -0.4 is 11.1 Å². The molecule has 1 heterocycles. The maximum Gasteiger partial charge on any atom is 0.236 e. The van der Waals surface area contributed by atoms with E-state index in [4.69, 9.17) is 5.73 Å². The molecule has 0 aliphatic carbocycles. The Balaban J connectivity index is 2.68. The Morgan fingerprint density at radius 1 is 1.50 bits per heavy atom. The van der Waals surface area contributed by atoms with Gasteiger partial charge in [-0.05, 0) is 38.4 Å². The molecule has 16 heavy (non-hydrogen) atoms. The highest BCUT2D eigenvalue weighted by molar-refractivity contribution is 8.01. The molecular formula is C12H24N2OS. The fourth-order valence-corrected chi connectivity index (χ4v) is 3.31. The number of rotatable bonds is 5. The standard InChI is InChI=1S/C12H24N2OS/c1-4-12(5-2,9-13)14-10(15)11(3)7-6-8-16-11/h4-9,13H2,1-3H3,(H,14,15). The van der Waals surface area contributed by atoms with Gasteiger partial charge in [-0.3, -0.25) is 4.79 Å². The molecule has 4 heteroatoms. The fourth-order valence-electron chi connectivity index (χ4n) is 2.10. The van der Waals surface area contributed by atoms with Crippen molar-refractivity contribution in [2.75, 3.05) is 12.3 Å². The molecule has 1 aliphatic heterocycles. The van der Waals surface area contributed by atoms with Crippen molar-refractivity contribution >= 4 is 17.7 Å². The van der Waals surface area contributed by atoms with Crippen molar-refractivity contribution in [1.29, 1.82) is 0 Å². The highest BCUT2D eigenvalue weighted by Gasteiger charge is 2.40. The van der Waals surface area contributed by atoms with Crippen molar-refractivity contribution in [1.82, 2.24) is 5.32 Å². The number of thioether (sulfide) groups is 1. The van der Waals surface area contributed by atoms with Crippen LogP contribution in [-0.2, 0) is 4.79 Å². The van der Waals surface area contributed by atoms with Crippen LogP contribution in [0.1, 0.15) is 46.5 Å². The quantitative estimate of drug-likeness (QED) is 0.776. The van der Waals surface area contributed by atoms with Crippen molar-refractivity contribution in [3.8, 4) is 0 Å². The number of nitrogens with one attached hydrogen (secondary N) is 1. The van der Waals surface area contributed by atoms with E-state index in [-0.39, 0.29) is 16.2 Å². The molecule has 1 saturated heterocycles. The second-order valence-corrected chi connectivity index (χ2v) is 6.43. The molecular weight excluding hydrogens is 220 g/mol. The Kier molecular flexibility index (Phi) is 4.68.